The van der Waals surface area contributed by atoms with E-state index in [-0.39, 0.29) is 0 Å². The van der Waals surface area contributed by atoms with E-state index in [4.69, 9.17) is 5.73 Å². The number of nitrogens with one attached hydrogen (secondary N) is 2. The maximum Gasteiger partial charge on any atom is 0.0757 e. The first-order chi connectivity index (χ1) is 6.24. The minimum atomic E-state index is 0.638. The Kier molecular flexibility index (Phi) is 3.76. The van der Waals surface area contributed by atoms with E-state index in [9.17, 15) is 0 Å². The highest BCUT2D eigenvalue weighted by molar-refractivity contribution is 5.45. The Morgan fingerprint density at radius 1 is 1.62 bits per heavy atom. The summed E-state index contributed by atoms with van der Waals surface area (Å²) < 4.78 is 0. The number of H-pyrrole nitrogens is 1. The Hall–Kier alpha value is -1.03. The van der Waals surface area contributed by atoms with E-state index in [1.807, 2.05) is 6.20 Å². The standard InChI is InChI=1S/C9H18N4/c1-7(2)5-8-9(6-12-13-8)11-4-3-10/h6-7,11H,3-5,10H2,1-2H3,(H,12,13). The van der Waals surface area contributed by atoms with Crippen molar-refractivity contribution < 1.29 is 0 Å². The first-order valence-electron chi connectivity index (χ1n) is 4.70. The average molecular weight is 182 g/mol. The molecule has 0 unspecified atom stereocenters. The molecule has 0 aliphatic rings. The fraction of sp³-hybridized carbons (Fsp3) is 0.667. The maximum atomic E-state index is 5.40. The van der Waals surface area contributed by atoms with Gasteiger partial charge in [0.05, 0.1) is 17.6 Å². The molecule has 0 bridgehead atoms. The van der Waals surface area contributed by atoms with Gasteiger partial charge in [-0.15, -0.1) is 0 Å². The third-order valence-electron chi connectivity index (χ3n) is 1.79. The Labute approximate surface area is 78.9 Å². The van der Waals surface area contributed by atoms with Gasteiger partial charge < -0.3 is 11.1 Å². The molecule has 4 N–H and O–H groups in total. The van der Waals surface area contributed by atoms with Crippen molar-refractivity contribution in [3.8, 4) is 0 Å². The maximum absolute atomic E-state index is 5.40. The summed E-state index contributed by atoms with van der Waals surface area (Å²) in [5.74, 6) is 0.638. The van der Waals surface area contributed by atoms with Gasteiger partial charge in [-0.1, -0.05) is 13.8 Å². The van der Waals surface area contributed by atoms with Crippen LogP contribution in [0.3, 0.4) is 0 Å². The van der Waals surface area contributed by atoms with Crippen molar-refractivity contribution in [1.29, 1.82) is 0 Å². The van der Waals surface area contributed by atoms with Gasteiger partial charge in [-0.3, -0.25) is 5.10 Å². The molecule has 0 amide bonds. The minimum Gasteiger partial charge on any atom is -0.381 e. The first kappa shape index (κ1) is 10.1. The van der Waals surface area contributed by atoms with Gasteiger partial charge in [-0.2, -0.15) is 5.10 Å². The van der Waals surface area contributed by atoms with E-state index in [1.54, 1.807) is 0 Å². The Morgan fingerprint density at radius 3 is 3.00 bits per heavy atom. The molecule has 0 aliphatic heterocycles. The largest absolute Gasteiger partial charge is 0.381 e. The van der Waals surface area contributed by atoms with Crippen molar-refractivity contribution in [3.63, 3.8) is 0 Å². The van der Waals surface area contributed by atoms with Crippen molar-refractivity contribution >= 4 is 5.69 Å². The summed E-state index contributed by atoms with van der Waals surface area (Å²) in [5.41, 5.74) is 7.66. The predicted molar refractivity (Wildman–Crippen MR) is 54.7 cm³/mol. The van der Waals surface area contributed by atoms with Gasteiger partial charge in [-0.25, -0.2) is 0 Å². The number of nitrogens with two attached hydrogens (primary N) is 1. The van der Waals surface area contributed by atoms with Crippen LogP contribution in [0.4, 0.5) is 5.69 Å². The number of rotatable bonds is 5. The lowest BCUT2D eigenvalue weighted by Gasteiger charge is -2.06. The molecule has 0 spiro atoms. The van der Waals surface area contributed by atoms with Crippen LogP contribution in [0.5, 0.6) is 0 Å². The molecule has 0 saturated carbocycles. The van der Waals surface area contributed by atoms with Crippen molar-refractivity contribution in [2.45, 2.75) is 20.3 Å². The normalized spacial score (nSPS) is 10.8. The molecule has 0 radical (unpaired) electrons. The number of hydrogen-bond acceptors (Lipinski definition) is 3. The van der Waals surface area contributed by atoms with E-state index < -0.39 is 0 Å². The second-order valence-electron chi connectivity index (χ2n) is 3.58. The summed E-state index contributed by atoms with van der Waals surface area (Å²) in [6, 6.07) is 0. The minimum absolute atomic E-state index is 0.638. The molecule has 0 aliphatic carbocycles. The summed E-state index contributed by atoms with van der Waals surface area (Å²) in [6.45, 7) is 5.82. The second kappa shape index (κ2) is 4.87. The molecule has 4 nitrogen and oxygen atoms in total. The lowest BCUT2D eigenvalue weighted by molar-refractivity contribution is 0.634. The van der Waals surface area contributed by atoms with E-state index in [2.05, 4.69) is 29.4 Å². The van der Waals surface area contributed by atoms with Crippen molar-refractivity contribution in [2.75, 3.05) is 18.4 Å². The number of aromatic amines is 1. The zero-order chi connectivity index (χ0) is 9.68. The van der Waals surface area contributed by atoms with Crippen LogP contribution < -0.4 is 11.1 Å². The molecular formula is C9H18N4. The van der Waals surface area contributed by atoms with Gasteiger partial charge in [0.15, 0.2) is 0 Å². The van der Waals surface area contributed by atoms with Crippen LogP contribution in [0.25, 0.3) is 0 Å². The van der Waals surface area contributed by atoms with Gasteiger partial charge in [0.1, 0.15) is 0 Å². The molecule has 1 heterocycles. The van der Waals surface area contributed by atoms with E-state index in [0.29, 0.717) is 12.5 Å². The molecule has 0 aromatic carbocycles. The Bertz CT molecular complexity index is 242. The van der Waals surface area contributed by atoms with Crippen LogP contribution in [0, 0.1) is 5.92 Å². The van der Waals surface area contributed by atoms with Crippen LogP contribution in [-0.2, 0) is 6.42 Å². The lowest BCUT2D eigenvalue weighted by atomic mass is 10.1. The molecule has 1 aromatic heterocycles. The number of anilines is 1. The topological polar surface area (TPSA) is 66.7 Å². The second-order valence-corrected chi connectivity index (χ2v) is 3.58. The first-order valence-corrected chi connectivity index (χ1v) is 4.70. The van der Waals surface area contributed by atoms with E-state index >= 15 is 0 Å². The SMILES string of the molecule is CC(C)Cc1[nH]ncc1NCCN. The smallest absolute Gasteiger partial charge is 0.0757 e. The number of nitrogens with zero attached hydrogens (tertiary/aromatic N) is 1. The van der Waals surface area contributed by atoms with Crippen LogP contribution in [0.1, 0.15) is 19.5 Å². The molecular weight excluding hydrogens is 164 g/mol. The average Bonchev–Trinajstić information content (AvgIpc) is 2.48. The Morgan fingerprint density at radius 2 is 2.38 bits per heavy atom. The highest BCUT2D eigenvalue weighted by Crippen LogP contribution is 2.15. The molecule has 0 saturated heterocycles. The highest BCUT2D eigenvalue weighted by Gasteiger charge is 2.05. The third-order valence-corrected chi connectivity index (χ3v) is 1.79. The summed E-state index contributed by atoms with van der Waals surface area (Å²) in [4.78, 5) is 0. The lowest BCUT2D eigenvalue weighted by Crippen LogP contribution is -2.13. The monoisotopic (exact) mass is 182 g/mol. The molecule has 0 atom stereocenters. The van der Waals surface area contributed by atoms with Gasteiger partial charge in [0, 0.05) is 13.1 Å². The molecule has 4 heteroatoms. The van der Waals surface area contributed by atoms with Gasteiger partial charge >= 0.3 is 0 Å². The zero-order valence-corrected chi connectivity index (χ0v) is 8.30. The van der Waals surface area contributed by atoms with Gasteiger partial charge in [-0.05, 0) is 12.3 Å². The molecule has 1 rings (SSSR count). The molecule has 74 valence electrons. The van der Waals surface area contributed by atoms with Crippen molar-refractivity contribution in [1.82, 2.24) is 10.2 Å². The zero-order valence-electron chi connectivity index (χ0n) is 8.30. The summed E-state index contributed by atoms with van der Waals surface area (Å²) in [5, 5.41) is 10.2. The predicted octanol–water partition coefficient (Wildman–Crippen LogP) is 0.979. The highest BCUT2D eigenvalue weighted by atomic mass is 15.1. The summed E-state index contributed by atoms with van der Waals surface area (Å²) >= 11 is 0. The summed E-state index contributed by atoms with van der Waals surface area (Å²) in [7, 11) is 0. The quantitative estimate of drug-likeness (QED) is 0.636. The van der Waals surface area contributed by atoms with Crippen LogP contribution in [0.2, 0.25) is 0 Å². The van der Waals surface area contributed by atoms with E-state index in [0.717, 1.165) is 18.7 Å². The fourth-order valence-electron chi connectivity index (χ4n) is 1.24. The van der Waals surface area contributed by atoms with Crippen molar-refractivity contribution in [3.05, 3.63) is 11.9 Å². The number of aromatic nitrogens is 2. The van der Waals surface area contributed by atoms with Crippen LogP contribution in [-0.4, -0.2) is 23.3 Å². The van der Waals surface area contributed by atoms with Gasteiger partial charge in [0.2, 0.25) is 0 Å². The Balaban J connectivity index is 2.55. The molecule has 1 aromatic rings. The summed E-state index contributed by atoms with van der Waals surface area (Å²) in [6.07, 6.45) is 2.83. The van der Waals surface area contributed by atoms with Crippen molar-refractivity contribution in [2.24, 2.45) is 11.7 Å². The number of hydrogen-bond donors (Lipinski definition) is 3. The van der Waals surface area contributed by atoms with Gasteiger partial charge in [0.25, 0.3) is 0 Å². The van der Waals surface area contributed by atoms with Crippen LogP contribution >= 0.6 is 0 Å². The fourth-order valence-corrected chi connectivity index (χ4v) is 1.24. The molecule has 0 fully saturated rings. The third kappa shape index (κ3) is 3.06. The van der Waals surface area contributed by atoms with Crippen LogP contribution in [0.15, 0.2) is 6.20 Å². The molecule has 13 heavy (non-hydrogen) atoms. The van der Waals surface area contributed by atoms with E-state index in [1.165, 1.54) is 5.69 Å².